The molecule has 0 saturated carbocycles. The Kier molecular flexibility index (Phi) is 11.7. The highest BCUT2D eigenvalue weighted by Crippen LogP contribution is 2.21. The van der Waals surface area contributed by atoms with Gasteiger partial charge in [-0.2, -0.15) is 13.2 Å². The first-order chi connectivity index (χ1) is 13.7. The Bertz CT molecular complexity index is 557. The molecule has 2 fully saturated rings. The van der Waals surface area contributed by atoms with Crippen LogP contribution in [0, 0.1) is 5.92 Å². The molecule has 2 heterocycles. The summed E-state index contributed by atoms with van der Waals surface area (Å²) in [6.45, 7) is 4.40. The zero-order valence-electron chi connectivity index (χ0n) is 18.1. The number of halogens is 4. The molecule has 11 heteroatoms. The minimum absolute atomic E-state index is 0. The third-order valence-electron chi connectivity index (χ3n) is 5.33. The summed E-state index contributed by atoms with van der Waals surface area (Å²) in [6, 6.07) is 0. The van der Waals surface area contributed by atoms with Gasteiger partial charge in [-0.3, -0.25) is 9.69 Å². The summed E-state index contributed by atoms with van der Waals surface area (Å²) in [4.78, 5) is 21.4. The Morgan fingerprint density at radius 3 is 2.60 bits per heavy atom. The fourth-order valence-corrected chi connectivity index (χ4v) is 3.66. The number of hydrogen-bond acceptors (Lipinski definition) is 4. The van der Waals surface area contributed by atoms with Crippen LogP contribution < -0.4 is 5.32 Å². The van der Waals surface area contributed by atoms with Gasteiger partial charge in [0, 0.05) is 46.9 Å². The second-order valence-electron chi connectivity index (χ2n) is 7.99. The predicted octanol–water partition coefficient (Wildman–Crippen LogP) is 2.02. The molecule has 0 aromatic heterocycles. The summed E-state index contributed by atoms with van der Waals surface area (Å²) in [5.74, 6) is 0.674. The number of carbonyl (C=O) groups excluding carboxylic acids is 1. The Labute approximate surface area is 194 Å². The van der Waals surface area contributed by atoms with Crippen molar-refractivity contribution in [2.45, 2.75) is 38.5 Å². The Balaban J connectivity index is 0.00000450. The van der Waals surface area contributed by atoms with Gasteiger partial charge >= 0.3 is 6.18 Å². The van der Waals surface area contributed by atoms with Gasteiger partial charge < -0.3 is 19.9 Å². The molecular weight excluding hydrogens is 514 g/mol. The fraction of sp³-hybridized carbons (Fsp3) is 0.895. The van der Waals surface area contributed by atoms with E-state index in [1.807, 2.05) is 4.90 Å². The van der Waals surface area contributed by atoms with Crippen LogP contribution in [0.15, 0.2) is 4.99 Å². The summed E-state index contributed by atoms with van der Waals surface area (Å²) < 4.78 is 43.8. The van der Waals surface area contributed by atoms with Crippen LogP contribution in [0.4, 0.5) is 13.2 Å². The molecule has 176 valence electrons. The van der Waals surface area contributed by atoms with Gasteiger partial charge in [0.1, 0.15) is 6.54 Å². The van der Waals surface area contributed by atoms with E-state index in [1.165, 1.54) is 9.80 Å². The number of ether oxygens (including phenoxy) is 1. The van der Waals surface area contributed by atoms with Crippen LogP contribution in [0.2, 0.25) is 0 Å². The molecule has 0 aliphatic carbocycles. The van der Waals surface area contributed by atoms with Crippen molar-refractivity contribution in [2.24, 2.45) is 10.9 Å². The molecule has 30 heavy (non-hydrogen) atoms. The summed E-state index contributed by atoms with van der Waals surface area (Å²) in [5.41, 5.74) is 0. The topological polar surface area (TPSA) is 60.4 Å². The molecule has 0 radical (unpaired) electrons. The highest BCUT2D eigenvalue weighted by Gasteiger charge is 2.33. The van der Waals surface area contributed by atoms with Crippen molar-refractivity contribution < 1.29 is 22.7 Å². The number of amides is 1. The average Bonchev–Trinajstić information content (AvgIpc) is 3.31. The lowest BCUT2D eigenvalue weighted by molar-refractivity contribution is -0.146. The van der Waals surface area contributed by atoms with E-state index in [0.29, 0.717) is 38.7 Å². The molecular formula is C19H35F3IN5O2. The number of likely N-dealkylation sites (tertiary alicyclic amines) is 1. The van der Waals surface area contributed by atoms with E-state index in [4.69, 9.17) is 4.74 Å². The van der Waals surface area contributed by atoms with Crippen molar-refractivity contribution in [3.63, 3.8) is 0 Å². The number of nitrogens with zero attached hydrogens (tertiary/aromatic N) is 4. The van der Waals surface area contributed by atoms with E-state index in [0.717, 1.165) is 25.9 Å². The molecule has 1 amide bonds. The maximum atomic E-state index is 12.7. The average molecular weight is 549 g/mol. The molecule has 0 spiro atoms. The van der Waals surface area contributed by atoms with Crippen LogP contribution in [0.25, 0.3) is 0 Å². The Hall–Kier alpha value is -0.820. The first-order valence-electron chi connectivity index (χ1n) is 10.3. The van der Waals surface area contributed by atoms with E-state index in [2.05, 4.69) is 10.3 Å². The Morgan fingerprint density at radius 2 is 2.03 bits per heavy atom. The molecule has 2 unspecified atom stereocenters. The molecule has 2 aliphatic heterocycles. The molecule has 2 aliphatic rings. The summed E-state index contributed by atoms with van der Waals surface area (Å²) in [5, 5.41) is 3.31. The summed E-state index contributed by atoms with van der Waals surface area (Å²) in [6.07, 6.45) is -1.23. The van der Waals surface area contributed by atoms with Crippen LogP contribution in [0.3, 0.4) is 0 Å². The zero-order chi connectivity index (χ0) is 21.4. The lowest BCUT2D eigenvalue weighted by Gasteiger charge is -2.26. The quantitative estimate of drug-likeness (QED) is 0.286. The smallest absolute Gasteiger partial charge is 0.376 e. The van der Waals surface area contributed by atoms with Gasteiger partial charge in [0.2, 0.25) is 5.91 Å². The standard InChI is InChI=1S/C19H34F3N5O2.HI/c1-4-26(14-19(20,21)22)12-15-7-8-27(13-15)18(24-11-17(28)25(2)3)23-10-16-6-5-9-29-16;/h15-16H,4-14H2,1-3H3,(H,23,24);1H. The van der Waals surface area contributed by atoms with Gasteiger partial charge in [-0.25, -0.2) is 4.99 Å². The number of alkyl halides is 3. The van der Waals surface area contributed by atoms with Crippen LogP contribution in [-0.4, -0.2) is 105 Å². The van der Waals surface area contributed by atoms with Crippen LogP contribution in [0.1, 0.15) is 26.2 Å². The Morgan fingerprint density at radius 1 is 1.30 bits per heavy atom. The van der Waals surface area contributed by atoms with E-state index in [-0.39, 0.29) is 48.5 Å². The number of aliphatic imine (C=N–C) groups is 1. The number of nitrogens with one attached hydrogen (secondary N) is 1. The largest absolute Gasteiger partial charge is 0.401 e. The second-order valence-corrected chi connectivity index (χ2v) is 7.99. The van der Waals surface area contributed by atoms with Gasteiger partial charge in [-0.15, -0.1) is 24.0 Å². The van der Waals surface area contributed by atoms with Crippen molar-refractivity contribution in [3.05, 3.63) is 0 Å². The van der Waals surface area contributed by atoms with Crippen LogP contribution >= 0.6 is 24.0 Å². The number of carbonyl (C=O) groups is 1. The second kappa shape index (κ2) is 12.9. The zero-order valence-corrected chi connectivity index (χ0v) is 20.4. The molecule has 2 rings (SSSR count). The summed E-state index contributed by atoms with van der Waals surface area (Å²) >= 11 is 0. The minimum Gasteiger partial charge on any atom is -0.376 e. The SMILES string of the molecule is CCN(CC1CCN(C(=NCC(=O)N(C)C)NCC2CCCO2)C1)CC(F)(F)F.I. The first kappa shape index (κ1) is 27.2. The molecule has 2 saturated heterocycles. The lowest BCUT2D eigenvalue weighted by Crippen LogP contribution is -2.44. The number of hydrogen-bond donors (Lipinski definition) is 1. The van der Waals surface area contributed by atoms with E-state index < -0.39 is 12.7 Å². The van der Waals surface area contributed by atoms with Crippen LogP contribution in [0.5, 0.6) is 0 Å². The summed E-state index contributed by atoms with van der Waals surface area (Å²) in [7, 11) is 3.37. The molecule has 2 atom stereocenters. The van der Waals surface area contributed by atoms with Crippen LogP contribution in [-0.2, 0) is 9.53 Å². The van der Waals surface area contributed by atoms with Crippen molar-refractivity contribution >= 4 is 35.8 Å². The van der Waals surface area contributed by atoms with E-state index in [1.54, 1.807) is 21.0 Å². The third kappa shape index (κ3) is 9.54. The lowest BCUT2D eigenvalue weighted by atomic mass is 10.1. The highest BCUT2D eigenvalue weighted by atomic mass is 127. The third-order valence-corrected chi connectivity index (χ3v) is 5.33. The number of rotatable bonds is 8. The van der Waals surface area contributed by atoms with Gasteiger partial charge in [-0.05, 0) is 31.7 Å². The molecule has 0 aromatic rings. The molecule has 7 nitrogen and oxygen atoms in total. The maximum Gasteiger partial charge on any atom is 0.401 e. The first-order valence-corrected chi connectivity index (χ1v) is 10.3. The monoisotopic (exact) mass is 549 g/mol. The highest BCUT2D eigenvalue weighted by molar-refractivity contribution is 14.0. The fourth-order valence-electron chi connectivity index (χ4n) is 3.66. The van der Waals surface area contributed by atoms with Crippen molar-refractivity contribution in [1.29, 1.82) is 0 Å². The van der Waals surface area contributed by atoms with Crippen molar-refractivity contribution in [3.8, 4) is 0 Å². The van der Waals surface area contributed by atoms with Crippen molar-refractivity contribution in [2.75, 3.05) is 66.5 Å². The van der Waals surface area contributed by atoms with Gasteiger partial charge in [0.05, 0.1) is 12.6 Å². The molecule has 1 N–H and O–H groups in total. The van der Waals surface area contributed by atoms with E-state index >= 15 is 0 Å². The number of guanidine groups is 1. The maximum absolute atomic E-state index is 12.7. The van der Waals surface area contributed by atoms with Gasteiger partial charge in [-0.1, -0.05) is 6.92 Å². The van der Waals surface area contributed by atoms with Gasteiger partial charge in [0.25, 0.3) is 0 Å². The van der Waals surface area contributed by atoms with E-state index in [9.17, 15) is 18.0 Å². The van der Waals surface area contributed by atoms with Crippen molar-refractivity contribution in [1.82, 2.24) is 20.0 Å². The normalized spacial score (nSPS) is 22.4. The molecule has 0 bridgehead atoms. The predicted molar refractivity (Wildman–Crippen MR) is 121 cm³/mol. The molecule has 0 aromatic carbocycles. The number of likely N-dealkylation sites (N-methyl/N-ethyl adjacent to an activating group) is 1. The van der Waals surface area contributed by atoms with Gasteiger partial charge in [0.15, 0.2) is 5.96 Å². The minimum atomic E-state index is -4.18.